The standard InChI is InChI=1S/C16H12N5O7/c1-7-13(9-5-8(27-2)3-4-10(9)17-7)14-11(19(22)23)6-12(20(24)25)15-16(14)21(26)28-18-15/h3-6,14,17H,1-2H3/q-1. The quantitative estimate of drug-likeness (QED) is 0.397. The molecule has 2 aromatic heterocycles. The van der Waals surface area contributed by atoms with Crippen molar-refractivity contribution in [2.45, 2.75) is 12.8 Å². The van der Waals surface area contributed by atoms with Crippen LogP contribution in [0.15, 0.2) is 34.6 Å². The summed E-state index contributed by atoms with van der Waals surface area (Å²) in [6.07, 6.45) is 0.813. The summed E-state index contributed by atoms with van der Waals surface area (Å²) in [4.78, 5) is 13.2. The highest BCUT2D eigenvalue weighted by atomic mass is 16.8. The first-order valence-electron chi connectivity index (χ1n) is 7.97. The number of aromatic nitrogens is 3. The average Bonchev–Trinajstić information content (AvgIpc) is 3.19. The highest BCUT2D eigenvalue weighted by Crippen LogP contribution is 2.41. The van der Waals surface area contributed by atoms with E-state index in [-0.39, 0.29) is 16.3 Å². The minimum Gasteiger partial charge on any atom is -0.612 e. The van der Waals surface area contributed by atoms with Crippen LogP contribution in [0.25, 0.3) is 10.9 Å². The van der Waals surface area contributed by atoms with Crippen molar-refractivity contribution in [2.75, 3.05) is 7.11 Å². The first-order valence-corrected chi connectivity index (χ1v) is 7.97. The van der Waals surface area contributed by atoms with Gasteiger partial charge in [-0.3, -0.25) is 14.7 Å². The molecule has 12 heteroatoms. The van der Waals surface area contributed by atoms with Gasteiger partial charge < -0.3 is 25.3 Å². The van der Waals surface area contributed by atoms with Gasteiger partial charge in [-0.25, -0.2) is 0 Å². The Kier molecular flexibility index (Phi) is 3.70. The Labute approximate surface area is 155 Å². The molecule has 1 aliphatic rings. The van der Waals surface area contributed by atoms with Gasteiger partial charge in [0.05, 0.1) is 23.3 Å². The number of aromatic amines is 1. The fourth-order valence-electron chi connectivity index (χ4n) is 3.51. The second-order valence-electron chi connectivity index (χ2n) is 6.14. The third kappa shape index (κ3) is 2.35. The Balaban J connectivity index is 2.09. The number of rotatable bonds is 3. The third-order valence-electron chi connectivity index (χ3n) is 4.68. The number of nitrogens with zero attached hydrogens (tertiary/aromatic N) is 4. The van der Waals surface area contributed by atoms with Gasteiger partial charge in [-0.15, -0.1) is 0 Å². The molecule has 0 saturated carbocycles. The highest BCUT2D eigenvalue weighted by Gasteiger charge is 2.48. The summed E-state index contributed by atoms with van der Waals surface area (Å²) in [6.45, 7) is 1.69. The number of allylic oxidation sites excluding steroid dienone is 2. The van der Waals surface area contributed by atoms with E-state index in [4.69, 9.17) is 4.74 Å². The molecule has 1 atom stereocenters. The van der Waals surface area contributed by atoms with E-state index in [1.807, 2.05) is 0 Å². The minimum absolute atomic E-state index is 0.0293. The smallest absolute Gasteiger partial charge is 0.318 e. The Bertz CT molecular complexity index is 1190. The number of hydrogen-bond donors (Lipinski definition) is 1. The lowest BCUT2D eigenvalue weighted by Gasteiger charge is -2.17. The van der Waals surface area contributed by atoms with E-state index >= 15 is 0 Å². The molecule has 3 aromatic rings. The molecule has 0 spiro atoms. The van der Waals surface area contributed by atoms with Crippen LogP contribution in [0.2, 0.25) is 0 Å². The van der Waals surface area contributed by atoms with E-state index < -0.39 is 27.2 Å². The molecule has 1 N–H and O–H groups in total. The van der Waals surface area contributed by atoms with Gasteiger partial charge in [0.2, 0.25) is 5.69 Å². The number of nitro groups is 1. The van der Waals surface area contributed by atoms with Crippen LogP contribution in [0.5, 0.6) is 5.75 Å². The first kappa shape index (κ1) is 17.3. The summed E-state index contributed by atoms with van der Waals surface area (Å²) in [6, 6.07) is 5.11. The lowest BCUT2D eigenvalue weighted by Crippen LogP contribution is -2.36. The molecule has 28 heavy (non-hydrogen) atoms. The second kappa shape index (κ2) is 5.97. The first-order chi connectivity index (χ1) is 13.3. The maximum absolute atomic E-state index is 12.2. The van der Waals surface area contributed by atoms with Crippen LogP contribution >= 0.6 is 0 Å². The molecule has 0 aliphatic heterocycles. The predicted molar refractivity (Wildman–Crippen MR) is 93.1 cm³/mol. The van der Waals surface area contributed by atoms with Gasteiger partial charge in [0.25, 0.3) is 11.4 Å². The molecule has 0 fully saturated rings. The lowest BCUT2D eigenvalue weighted by atomic mass is 9.84. The van der Waals surface area contributed by atoms with E-state index in [1.54, 1.807) is 25.1 Å². The summed E-state index contributed by atoms with van der Waals surface area (Å²) < 4.78 is 9.77. The summed E-state index contributed by atoms with van der Waals surface area (Å²) in [5, 5.41) is 50.7. The van der Waals surface area contributed by atoms with Crippen LogP contribution in [0, 0.1) is 32.7 Å². The molecule has 0 amide bonds. The van der Waals surface area contributed by atoms with Gasteiger partial charge in [-0.2, -0.15) is 4.90 Å². The predicted octanol–water partition coefficient (Wildman–Crippen LogP) is 1.21. The lowest BCUT2D eigenvalue weighted by molar-refractivity contribution is -0.808. The summed E-state index contributed by atoms with van der Waals surface area (Å²) in [5.74, 6) is -0.716. The van der Waals surface area contributed by atoms with Gasteiger partial charge in [0.15, 0.2) is 0 Å². The maximum atomic E-state index is 12.2. The molecule has 144 valence electrons. The molecule has 1 aromatic carbocycles. The van der Waals surface area contributed by atoms with Gasteiger partial charge in [-0.1, -0.05) is 0 Å². The van der Waals surface area contributed by atoms with Crippen molar-refractivity contribution in [2.24, 2.45) is 0 Å². The van der Waals surface area contributed by atoms with E-state index in [0.717, 1.165) is 6.08 Å². The largest absolute Gasteiger partial charge is 0.612 e. The van der Waals surface area contributed by atoms with Gasteiger partial charge in [-0.05, 0) is 30.0 Å². The van der Waals surface area contributed by atoms with Crippen molar-refractivity contribution in [3.8, 4) is 5.75 Å². The average molecular weight is 386 g/mol. The topological polar surface area (TPSA) is 170 Å². The molecule has 0 radical (unpaired) electrons. The molecule has 1 unspecified atom stereocenters. The fourth-order valence-corrected chi connectivity index (χ4v) is 3.51. The minimum atomic E-state index is -1.22. The zero-order chi connectivity index (χ0) is 20.2. The fraction of sp³-hybridized carbons (Fsp3) is 0.188. The van der Waals surface area contributed by atoms with E-state index in [1.165, 1.54) is 7.11 Å². The number of ether oxygens (including phenoxy) is 1. The van der Waals surface area contributed by atoms with Gasteiger partial charge >= 0.3 is 5.69 Å². The molecule has 0 saturated heterocycles. The van der Waals surface area contributed by atoms with Crippen LogP contribution in [0.1, 0.15) is 28.6 Å². The molecular formula is C16H12N5O7-. The Morgan fingerprint density at radius 3 is 2.71 bits per heavy atom. The third-order valence-corrected chi connectivity index (χ3v) is 4.68. The Morgan fingerprint density at radius 2 is 2.07 bits per heavy atom. The molecule has 2 heterocycles. The molecular weight excluding hydrogens is 374 g/mol. The number of H-pyrrole nitrogens is 1. The SMILES string of the molecule is COc1ccc2[nH]c(C)c(C3C([N+](=O)[O-])=CC(=[N+]([O-])[O-])c4no[n+]([O-])c43)c2c1. The molecule has 4 rings (SSSR count). The normalized spacial score (nSPS) is 16.0. The van der Waals surface area contributed by atoms with Crippen molar-refractivity contribution in [1.29, 1.82) is 0 Å². The zero-order valence-electron chi connectivity index (χ0n) is 14.5. The zero-order valence-corrected chi connectivity index (χ0v) is 14.5. The number of aryl methyl sites for hydroxylation is 1. The summed E-state index contributed by atoms with van der Waals surface area (Å²) in [7, 11) is 1.48. The highest BCUT2D eigenvalue weighted by molar-refractivity contribution is 6.06. The second-order valence-corrected chi connectivity index (χ2v) is 6.14. The number of benzene rings is 1. The number of hydrogen-bond acceptors (Lipinski definition) is 8. The molecule has 12 nitrogen and oxygen atoms in total. The Hall–Kier alpha value is -4.09. The summed E-state index contributed by atoms with van der Waals surface area (Å²) >= 11 is 0. The van der Waals surface area contributed by atoms with Crippen LogP contribution in [-0.4, -0.2) is 32.8 Å². The van der Waals surface area contributed by atoms with Gasteiger partial charge in [0, 0.05) is 22.2 Å². The number of fused-ring (bicyclic) bond motifs is 2. The maximum Gasteiger partial charge on any atom is 0.318 e. The van der Waals surface area contributed by atoms with Crippen LogP contribution in [-0.2, 0) is 0 Å². The van der Waals surface area contributed by atoms with Gasteiger partial charge in [0.1, 0.15) is 11.7 Å². The summed E-state index contributed by atoms with van der Waals surface area (Å²) in [5.41, 5.74) is -0.230. The van der Waals surface area contributed by atoms with Crippen LogP contribution in [0.3, 0.4) is 0 Å². The van der Waals surface area contributed by atoms with E-state index in [2.05, 4.69) is 14.8 Å². The molecule has 0 bridgehead atoms. The van der Waals surface area contributed by atoms with Crippen molar-refractivity contribution in [3.63, 3.8) is 0 Å². The van der Waals surface area contributed by atoms with Crippen LogP contribution in [0.4, 0.5) is 0 Å². The van der Waals surface area contributed by atoms with E-state index in [0.29, 0.717) is 27.9 Å². The van der Waals surface area contributed by atoms with Crippen molar-refractivity contribution in [3.05, 3.63) is 78.4 Å². The Morgan fingerprint density at radius 1 is 1.32 bits per heavy atom. The van der Waals surface area contributed by atoms with Crippen molar-refractivity contribution < 1.29 is 24.1 Å². The van der Waals surface area contributed by atoms with E-state index in [9.17, 15) is 25.7 Å². The van der Waals surface area contributed by atoms with Crippen LogP contribution < -0.4 is 9.64 Å². The van der Waals surface area contributed by atoms with Crippen molar-refractivity contribution >= 4 is 16.6 Å². The number of methoxy groups -OCH3 is 1. The molecule has 1 aliphatic carbocycles. The van der Waals surface area contributed by atoms with Crippen molar-refractivity contribution in [1.82, 2.24) is 10.1 Å². The monoisotopic (exact) mass is 386 g/mol. The number of nitrogens with one attached hydrogen (secondary N) is 1.